The lowest BCUT2D eigenvalue weighted by Crippen LogP contribution is -1.74. The molecule has 0 aromatic carbocycles. The van der Waals surface area contributed by atoms with Crippen LogP contribution in [0.2, 0.25) is 0 Å². The highest BCUT2D eigenvalue weighted by Gasteiger charge is 1.99. The Labute approximate surface area is 62.1 Å². The third-order valence-electron chi connectivity index (χ3n) is 1.42. The molecule has 10 heavy (non-hydrogen) atoms. The monoisotopic (exact) mass is 134 g/mol. The summed E-state index contributed by atoms with van der Waals surface area (Å²) in [4.78, 5) is 0. The average molecular weight is 134 g/mol. The van der Waals surface area contributed by atoms with Crippen molar-refractivity contribution < 1.29 is 4.74 Å². The molecule has 0 aromatic rings. The molecule has 2 radical (unpaired) electrons. The van der Waals surface area contributed by atoms with E-state index in [-0.39, 0.29) is 0 Å². The van der Waals surface area contributed by atoms with Crippen LogP contribution in [0.3, 0.4) is 0 Å². The molecule has 1 heteroatoms. The molecular formula is C9H10O. The van der Waals surface area contributed by atoms with Gasteiger partial charge in [-0.25, -0.2) is 0 Å². The molecule has 0 saturated carbocycles. The van der Waals surface area contributed by atoms with Gasteiger partial charge in [0.05, 0.1) is 0 Å². The standard InChI is InChI=1S/C9H10O/c1-10-8-4-7-9-5-2-3-6-9/h5H,2-3,6H2,1H3. The maximum atomic E-state index is 4.55. The fourth-order valence-electron chi connectivity index (χ4n) is 0.941. The van der Waals surface area contributed by atoms with E-state index in [9.17, 15) is 0 Å². The molecule has 0 bridgehead atoms. The fourth-order valence-corrected chi connectivity index (χ4v) is 0.941. The van der Waals surface area contributed by atoms with Crippen LogP contribution < -0.4 is 0 Å². The molecule has 0 atom stereocenters. The molecule has 1 aliphatic carbocycles. The number of rotatable bonds is 1. The molecule has 0 fully saturated rings. The van der Waals surface area contributed by atoms with E-state index in [2.05, 4.69) is 29.3 Å². The van der Waals surface area contributed by atoms with Crippen LogP contribution in [0, 0.1) is 18.4 Å². The summed E-state index contributed by atoms with van der Waals surface area (Å²) in [7, 11) is 1.55. The van der Waals surface area contributed by atoms with Gasteiger partial charge < -0.3 is 4.74 Å². The predicted octanol–water partition coefficient (Wildman–Crippen LogP) is 1.79. The zero-order valence-electron chi connectivity index (χ0n) is 6.11. The van der Waals surface area contributed by atoms with Crippen molar-refractivity contribution in [1.29, 1.82) is 0 Å². The molecule has 0 N–H and O–H groups in total. The minimum Gasteiger partial charge on any atom is -0.358 e. The van der Waals surface area contributed by atoms with Crippen molar-refractivity contribution in [2.24, 2.45) is 0 Å². The molecule has 0 amide bonds. The van der Waals surface area contributed by atoms with Crippen molar-refractivity contribution in [1.82, 2.24) is 0 Å². The van der Waals surface area contributed by atoms with Crippen molar-refractivity contribution >= 4 is 0 Å². The Balaban J connectivity index is 2.31. The second-order valence-electron chi connectivity index (χ2n) is 2.18. The van der Waals surface area contributed by atoms with E-state index in [1.165, 1.54) is 18.4 Å². The van der Waals surface area contributed by atoms with E-state index >= 15 is 0 Å². The maximum absolute atomic E-state index is 4.55. The van der Waals surface area contributed by atoms with Gasteiger partial charge in [0.2, 0.25) is 6.61 Å². The normalized spacial score (nSPS) is 15.9. The Kier molecular flexibility index (Phi) is 3.05. The van der Waals surface area contributed by atoms with Gasteiger partial charge in [0.15, 0.2) is 0 Å². The summed E-state index contributed by atoms with van der Waals surface area (Å²) in [5, 5.41) is 0. The van der Waals surface area contributed by atoms with Crippen LogP contribution in [0.5, 0.6) is 0 Å². The number of hydrogen-bond acceptors (Lipinski definition) is 1. The molecule has 0 saturated heterocycles. The molecule has 0 aromatic heterocycles. The van der Waals surface area contributed by atoms with Crippen LogP contribution >= 0.6 is 0 Å². The largest absolute Gasteiger partial charge is 0.358 e. The Morgan fingerprint density at radius 3 is 3.10 bits per heavy atom. The van der Waals surface area contributed by atoms with Crippen LogP contribution in [0.15, 0.2) is 11.6 Å². The fraction of sp³-hybridized carbons (Fsp3) is 0.444. The number of allylic oxidation sites excluding steroid dienone is 2. The number of ether oxygens (including phenoxy) is 1. The van der Waals surface area contributed by atoms with Crippen molar-refractivity contribution in [2.45, 2.75) is 19.3 Å². The highest BCUT2D eigenvalue weighted by Crippen LogP contribution is 2.15. The van der Waals surface area contributed by atoms with Crippen LogP contribution in [0.1, 0.15) is 19.3 Å². The van der Waals surface area contributed by atoms with Gasteiger partial charge in [-0.15, -0.1) is 0 Å². The third-order valence-corrected chi connectivity index (χ3v) is 1.42. The summed E-state index contributed by atoms with van der Waals surface area (Å²) < 4.78 is 4.55. The first kappa shape index (κ1) is 7.37. The molecule has 1 rings (SSSR count). The van der Waals surface area contributed by atoms with E-state index in [4.69, 9.17) is 0 Å². The summed E-state index contributed by atoms with van der Waals surface area (Å²) in [6.45, 7) is 2.47. The molecule has 0 spiro atoms. The second-order valence-corrected chi connectivity index (χ2v) is 2.18. The molecule has 0 unspecified atom stereocenters. The van der Waals surface area contributed by atoms with Crippen LogP contribution in [-0.4, -0.2) is 7.11 Å². The van der Waals surface area contributed by atoms with E-state index in [0.717, 1.165) is 6.42 Å². The van der Waals surface area contributed by atoms with Crippen molar-refractivity contribution in [3.63, 3.8) is 0 Å². The summed E-state index contributed by atoms with van der Waals surface area (Å²) in [5.41, 5.74) is 1.23. The topological polar surface area (TPSA) is 9.23 Å². The van der Waals surface area contributed by atoms with Crippen LogP contribution in [-0.2, 0) is 4.74 Å². The van der Waals surface area contributed by atoms with Gasteiger partial charge >= 0.3 is 0 Å². The Morgan fingerprint density at radius 1 is 1.60 bits per heavy atom. The number of methoxy groups -OCH3 is 1. The zero-order valence-corrected chi connectivity index (χ0v) is 6.11. The third kappa shape index (κ3) is 2.24. The van der Waals surface area contributed by atoms with Gasteiger partial charge in [-0.2, -0.15) is 0 Å². The lowest BCUT2D eigenvalue weighted by molar-refractivity contribution is 0.301. The minimum atomic E-state index is 1.12. The lowest BCUT2D eigenvalue weighted by atomic mass is 10.2. The van der Waals surface area contributed by atoms with Gasteiger partial charge in [-0.05, 0) is 24.8 Å². The summed E-state index contributed by atoms with van der Waals surface area (Å²) >= 11 is 0. The van der Waals surface area contributed by atoms with Crippen molar-refractivity contribution in [3.05, 3.63) is 18.3 Å². The SMILES string of the molecule is CO[C]C#CC1=CCCC1. The summed E-state index contributed by atoms with van der Waals surface area (Å²) in [6.07, 6.45) is 5.72. The Hall–Kier alpha value is -0.740. The first-order chi connectivity index (χ1) is 4.93. The predicted molar refractivity (Wildman–Crippen MR) is 40.0 cm³/mol. The van der Waals surface area contributed by atoms with E-state index in [1.807, 2.05) is 0 Å². The molecule has 1 nitrogen and oxygen atoms in total. The molecule has 1 aliphatic rings. The smallest absolute Gasteiger partial charge is 0.217 e. The van der Waals surface area contributed by atoms with E-state index < -0.39 is 0 Å². The summed E-state index contributed by atoms with van der Waals surface area (Å²) in [6, 6.07) is 0. The molecule has 0 aliphatic heterocycles. The molecule has 52 valence electrons. The first-order valence-electron chi connectivity index (χ1n) is 3.41. The summed E-state index contributed by atoms with van der Waals surface area (Å²) in [5.74, 6) is 5.64. The van der Waals surface area contributed by atoms with Crippen molar-refractivity contribution in [2.75, 3.05) is 7.11 Å². The zero-order chi connectivity index (χ0) is 7.23. The molecular weight excluding hydrogens is 124 g/mol. The quantitative estimate of drug-likeness (QED) is 0.497. The number of hydrogen-bond donors (Lipinski definition) is 0. The van der Waals surface area contributed by atoms with E-state index in [0.29, 0.717) is 0 Å². The van der Waals surface area contributed by atoms with E-state index in [1.54, 1.807) is 7.11 Å². The van der Waals surface area contributed by atoms with Crippen LogP contribution in [0.4, 0.5) is 0 Å². The molecule has 0 heterocycles. The van der Waals surface area contributed by atoms with Gasteiger partial charge in [0, 0.05) is 7.11 Å². The highest BCUT2D eigenvalue weighted by molar-refractivity contribution is 5.32. The van der Waals surface area contributed by atoms with Gasteiger partial charge in [0.25, 0.3) is 0 Å². The lowest BCUT2D eigenvalue weighted by Gasteiger charge is -1.83. The second kappa shape index (κ2) is 4.14. The van der Waals surface area contributed by atoms with Crippen molar-refractivity contribution in [3.8, 4) is 11.8 Å². The highest BCUT2D eigenvalue weighted by atomic mass is 16.5. The minimum absolute atomic E-state index is 1.12. The first-order valence-corrected chi connectivity index (χ1v) is 3.41. The Bertz CT molecular complexity index is 181. The average Bonchev–Trinajstić information content (AvgIpc) is 2.41. The maximum Gasteiger partial charge on any atom is 0.217 e. The van der Waals surface area contributed by atoms with Crippen LogP contribution in [0.25, 0.3) is 0 Å². The van der Waals surface area contributed by atoms with Gasteiger partial charge in [-0.1, -0.05) is 17.9 Å². The van der Waals surface area contributed by atoms with Gasteiger partial charge in [0.1, 0.15) is 0 Å². The Morgan fingerprint density at radius 2 is 2.50 bits per heavy atom. The van der Waals surface area contributed by atoms with Gasteiger partial charge in [-0.3, -0.25) is 0 Å².